The molecule has 0 bridgehead atoms. The Morgan fingerprint density at radius 1 is 1.26 bits per heavy atom. The Bertz CT molecular complexity index is 928. The average Bonchev–Trinajstić information content (AvgIpc) is 3.17. The minimum Gasteiger partial charge on any atom is -0.376 e. The molecule has 0 atom stereocenters. The first-order chi connectivity index (χ1) is 11.3. The van der Waals surface area contributed by atoms with Crippen molar-refractivity contribution < 1.29 is 0 Å². The number of aromatic nitrogens is 4. The van der Waals surface area contributed by atoms with E-state index >= 15 is 0 Å². The number of anilines is 2. The highest BCUT2D eigenvalue weighted by molar-refractivity contribution is 7.99. The normalized spacial score (nSPS) is 11.3. The summed E-state index contributed by atoms with van der Waals surface area (Å²) in [6.07, 6.45) is 1.61. The number of thioether (sulfide) groups is 1. The molecule has 0 unspecified atom stereocenters. The van der Waals surface area contributed by atoms with Gasteiger partial charge in [0.15, 0.2) is 5.65 Å². The van der Waals surface area contributed by atoms with Crippen LogP contribution in [0.15, 0.2) is 41.7 Å². The van der Waals surface area contributed by atoms with E-state index in [0.717, 1.165) is 22.8 Å². The van der Waals surface area contributed by atoms with Gasteiger partial charge >= 0.3 is 0 Å². The molecule has 3 heterocycles. The molecule has 1 aromatic carbocycles. The molecular weight excluding hydrogens is 328 g/mol. The van der Waals surface area contributed by atoms with Crippen LogP contribution in [-0.2, 0) is 0 Å². The number of benzene rings is 1. The van der Waals surface area contributed by atoms with Gasteiger partial charge < -0.3 is 16.0 Å². The molecule has 0 spiro atoms. The highest BCUT2D eigenvalue weighted by Crippen LogP contribution is 2.29. The number of H-pyrrole nitrogens is 1. The lowest BCUT2D eigenvalue weighted by atomic mass is 10.3. The molecule has 0 aliphatic heterocycles. The first-order valence-electron chi connectivity index (χ1n) is 7.11. The standard InChI is InChI=1S/C15H14N6S2/c16-15-20-13-12(18-8-19-13)14(21-15)22-6-5-17-11-7-9-3-1-2-4-10(9)23-11/h1-4,7-8,17H,5-6H2,(H3,16,18,19,20,21). The van der Waals surface area contributed by atoms with Crippen molar-refractivity contribution in [3.63, 3.8) is 0 Å². The van der Waals surface area contributed by atoms with Crippen molar-refractivity contribution in [2.45, 2.75) is 5.03 Å². The summed E-state index contributed by atoms with van der Waals surface area (Å²) in [6.45, 7) is 0.844. The van der Waals surface area contributed by atoms with Crippen LogP contribution in [0.1, 0.15) is 0 Å². The molecule has 0 saturated heterocycles. The van der Waals surface area contributed by atoms with Gasteiger partial charge in [0.2, 0.25) is 5.95 Å². The van der Waals surface area contributed by atoms with E-state index in [1.165, 1.54) is 15.1 Å². The number of nitrogens with two attached hydrogens (primary N) is 1. The Morgan fingerprint density at radius 2 is 2.17 bits per heavy atom. The van der Waals surface area contributed by atoms with Gasteiger partial charge in [-0.2, -0.15) is 4.98 Å². The molecule has 0 aliphatic rings. The van der Waals surface area contributed by atoms with E-state index in [1.807, 2.05) is 0 Å². The van der Waals surface area contributed by atoms with E-state index in [-0.39, 0.29) is 5.95 Å². The minimum absolute atomic E-state index is 0.254. The van der Waals surface area contributed by atoms with Crippen molar-refractivity contribution >= 4 is 55.3 Å². The molecule has 0 aliphatic carbocycles. The zero-order chi connectivity index (χ0) is 15.6. The van der Waals surface area contributed by atoms with E-state index in [2.05, 4.69) is 55.6 Å². The van der Waals surface area contributed by atoms with Gasteiger partial charge in [0.05, 0.1) is 11.3 Å². The SMILES string of the molecule is Nc1nc(SCCNc2cc3ccccc3s2)c2[nH]cnc2n1. The largest absolute Gasteiger partial charge is 0.376 e. The maximum absolute atomic E-state index is 5.72. The maximum atomic E-state index is 5.72. The van der Waals surface area contributed by atoms with Crippen molar-refractivity contribution in [1.82, 2.24) is 19.9 Å². The number of hydrogen-bond acceptors (Lipinski definition) is 7. The number of rotatable bonds is 5. The van der Waals surface area contributed by atoms with Crippen LogP contribution in [0.5, 0.6) is 0 Å². The van der Waals surface area contributed by atoms with E-state index in [0.29, 0.717) is 5.65 Å². The fraction of sp³-hybridized carbons (Fsp3) is 0.133. The number of nitrogens with zero attached hydrogens (tertiary/aromatic N) is 3. The Kier molecular flexibility index (Phi) is 3.76. The average molecular weight is 342 g/mol. The topological polar surface area (TPSA) is 92.5 Å². The van der Waals surface area contributed by atoms with Crippen LogP contribution in [0.4, 0.5) is 10.9 Å². The molecule has 4 N–H and O–H groups in total. The van der Waals surface area contributed by atoms with E-state index < -0.39 is 0 Å². The number of thiophene rings is 1. The summed E-state index contributed by atoms with van der Waals surface area (Å²) in [6, 6.07) is 10.6. The van der Waals surface area contributed by atoms with Crippen LogP contribution in [0.25, 0.3) is 21.3 Å². The number of imidazole rings is 1. The second-order valence-corrected chi connectivity index (χ2v) is 7.08. The van der Waals surface area contributed by atoms with Gasteiger partial charge in [-0.1, -0.05) is 18.2 Å². The molecule has 4 aromatic rings. The maximum Gasteiger partial charge on any atom is 0.223 e. The summed E-state index contributed by atoms with van der Waals surface area (Å²) in [7, 11) is 0. The summed E-state index contributed by atoms with van der Waals surface area (Å²) >= 11 is 3.40. The highest BCUT2D eigenvalue weighted by Gasteiger charge is 2.09. The predicted octanol–water partition coefficient (Wildman–Crippen LogP) is 3.35. The molecule has 0 fully saturated rings. The van der Waals surface area contributed by atoms with Gasteiger partial charge in [0.25, 0.3) is 0 Å². The Morgan fingerprint density at radius 3 is 3.09 bits per heavy atom. The molecule has 116 valence electrons. The zero-order valence-electron chi connectivity index (χ0n) is 12.1. The first kappa shape index (κ1) is 14.3. The highest BCUT2D eigenvalue weighted by atomic mass is 32.2. The second kappa shape index (κ2) is 6.05. The predicted molar refractivity (Wildman–Crippen MR) is 97.1 cm³/mol. The van der Waals surface area contributed by atoms with Gasteiger partial charge in [-0.25, -0.2) is 9.97 Å². The summed E-state index contributed by atoms with van der Waals surface area (Å²) in [4.78, 5) is 15.6. The molecule has 6 nitrogen and oxygen atoms in total. The van der Waals surface area contributed by atoms with Crippen molar-refractivity contribution in [2.24, 2.45) is 0 Å². The van der Waals surface area contributed by atoms with E-state index in [4.69, 9.17) is 5.73 Å². The molecule has 0 saturated carbocycles. The summed E-state index contributed by atoms with van der Waals surface area (Å²) in [5.74, 6) is 1.13. The van der Waals surface area contributed by atoms with Crippen molar-refractivity contribution in [3.8, 4) is 0 Å². The quantitative estimate of drug-likeness (QED) is 0.293. The number of nitrogen functional groups attached to an aromatic ring is 1. The lowest BCUT2D eigenvalue weighted by Crippen LogP contribution is -2.03. The Labute approximate surface area is 140 Å². The van der Waals surface area contributed by atoms with E-state index in [9.17, 15) is 0 Å². The van der Waals surface area contributed by atoms with Crippen molar-refractivity contribution in [2.75, 3.05) is 23.3 Å². The van der Waals surface area contributed by atoms with Crippen LogP contribution in [0.2, 0.25) is 0 Å². The third-order valence-electron chi connectivity index (χ3n) is 3.34. The van der Waals surface area contributed by atoms with Gasteiger partial charge in [0, 0.05) is 17.0 Å². The fourth-order valence-electron chi connectivity index (χ4n) is 2.32. The monoisotopic (exact) mass is 342 g/mol. The van der Waals surface area contributed by atoms with Gasteiger partial charge in [-0.15, -0.1) is 23.1 Å². The Hall–Kier alpha value is -2.32. The van der Waals surface area contributed by atoms with Gasteiger partial charge in [0.1, 0.15) is 10.5 Å². The lowest BCUT2D eigenvalue weighted by molar-refractivity contribution is 1.10. The third-order valence-corrected chi connectivity index (χ3v) is 5.39. The molecule has 23 heavy (non-hydrogen) atoms. The molecule has 8 heteroatoms. The number of aromatic amines is 1. The zero-order valence-corrected chi connectivity index (χ0v) is 13.7. The molecule has 0 radical (unpaired) electrons. The van der Waals surface area contributed by atoms with Crippen LogP contribution in [0.3, 0.4) is 0 Å². The molecule has 4 rings (SSSR count). The second-order valence-electron chi connectivity index (χ2n) is 4.91. The fourth-order valence-corrected chi connectivity index (χ4v) is 4.16. The Balaban J connectivity index is 1.40. The van der Waals surface area contributed by atoms with Crippen LogP contribution in [-0.4, -0.2) is 32.2 Å². The minimum atomic E-state index is 0.254. The summed E-state index contributed by atoms with van der Waals surface area (Å²) < 4.78 is 1.30. The first-order valence-corrected chi connectivity index (χ1v) is 8.91. The van der Waals surface area contributed by atoms with Crippen LogP contribution in [0, 0.1) is 0 Å². The molecule has 0 amide bonds. The van der Waals surface area contributed by atoms with Crippen molar-refractivity contribution in [3.05, 3.63) is 36.7 Å². The molecule has 3 aromatic heterocycles. The van der Waals surface area contributed by atoms with Gasteiger partial charge in [-0.3, -0.25) is 0 Å². The van der Waals surface area contributed by atoms with Gasteiger partial charge in [-0.05, 0) is 17.5 Å². The summed E-state index contributed by atoms with van der Waals surface area (Å²) in [5.41, 5.74) is 7.17. The lowest BCUT2D eigenvalue weighted by Gasteiger charge is -2.04. The van der Waals surface area contributed by atoms with E-state index in [1.54, 1.807) is 29.4 Å². The van der Waals surface area contributed by atoms with Crippen molar-refractivity contribution in [1.29, 1.82) is 0 Å². The van der Waals surface area contributed by atoms with Crippen LogP contribution >= 0.6 is 23.1 Å². The number of fused-ring (bicyclic) bond motifs is 2. The van der Waals surface area contributed by atoms with Crippen LogP contribution < -0.4 is 11.1 Å². The summed E-state index contributed by atoms with van der Waals surface area (Å²) in [5, 5.41) is 6.75. The number of nitrogens with one attached hydrogen (secondary N) is 2. The third kappa shape index (κ3) is 2.95. The molecular formula is C15H14N6S2. The smallest absolute Gasteiger partial charge is 0.223 e. The number of hydrogen-bond donors (Lipinski definition) is 3.